The number of fused-ring (bicyclic) bond motifs is 1. The molecule has 0 N–H and O–H groups in total. The molecule has 0 atom stereocenters. The van der Waals surface area contributed by atoms with Crippen LogP contribution in [0.15, 0.2) is 36.4 Å². The second kappa shape index (κ2) is 10.6. The number of benzene rings is 2. The van der Waals surface area contributed by atoms with Crippen molar-refractivity contribution in [2.45, 2.75) is 6.92 Å². The van der Waals surface area contributed by atoms with Gasteiger partial charge in [-0.3, -0.25) is 9.69 Å². The fraction of sp³-hybridized carbons (Fsp3) is 0.333. The molecule has 3 rings (SSSR count). The first kappa shape index (κ1) is 23.9. The average Bonchev–Trinajstić information content (AvgIpc) is 3.14. The third-order valence-electron chi connectivity index (χ3n) is 4.39. The van der Waals surface area contributed by atoms with E-state index in [1.54, 1.807) is 12.0 Å². The topological polar surface area (TPSA) is 54.9 Å². The highest BCUT2D eigenvalue weighted by molar-refractivity contribution is 7.22. The molecule has 3 aromatic rings. The van der Waals surface area contributed by atoms with Gasteiger partial charge in [0.05, 0.1) is 11.8 Å². The van der Waals surface area contributed by atoms with Gasteiger partial charge in [0, 0.05) is 13.1 Å². The van der Waals surface area contributed by atoms with Crippen molar-refractivity contribution in [3.8, 4) is 11.5 Å². The fourth-order valence-electron chi connectivity index (χ4n) is 2.76. The first-order chi connectivity index (χ1) is 13.9. The molecule has 1 aromatic heterocycles. The number of ether oxygens (including phenoxy) is 2. The van der Waals surface area contributed by atoms with Crippen LogP contribution < -0.4 is 14.4 Å². The largest absolute Gasteiger partial charge is 0.494 e. The number of methoxy groups -OCH3 is 1. The zero-order chi connectivity index (χ0) is 21.0. The van der Waals surface area contributed by atoms with Gasteiger partial charge in [-0.1, -0.05) is 17.4 Å². The highest BCUT2D eigenvalue weighted by Crippen LogP contribution is 2.36. The van der Waals surface area contributed by atoms with E-state index in [1.165, 1.54) is 35.6 Å². The van der Waals surface area contributed by atoms with Crippen LogP contribution >= 0.6 is 23.7 Å². The minimum Gasteiger partial charge on any atom is -0.494 e. The predicted molar refractivity (Wildman–Crippen MR) is 121 cm³/mol. The van der Waals surface area contributed by atoms with Crippen LogP contribution in [0.25, 0.3) is 10.2 Å². The standard InChI is InChI=1S/C21H24FN3O3S.ClH/c1-14-5-10-17(27-4)19-20(14)29-21(23-19)25(12-11-24(2)3)18(26)13-28-16-8-6-15(22)7-9-16;/h5-10H,11-13H2,1-4H3;1H. The smallest absolute Gasteiger partial charge is 0.266 e. The molecule has 2 aromatic carbocycles. The van der Waals surface area contributed by atoms with E-state index in [1.807, 2.05) is 38.1 Å². The number of aromatic nitrogens is 1. The average molecular weight is 454 g/mol. The number of carbonyl (C=O) groups is 1. The van der Waals surface area contributed by atoms with Crippen LogP contribution in [-0.4, -0.2) is 56.7 Å². The quantitative estimate of drug-likeness (QED) is 0.513. The van der Waals surface area contributed by atoms with Gasteiger partial charge in [-0.05, 0) is 56.9 Å². The second-order valence-corrected chi connectivity index (χ2v) is 7.83. The number of hydrogen-bond donors (Lipinski definition) is 0. The lowest BCUT2D eigenvalue weighted by Crippen LogP contribution is -2.39. The van der Waals surface area contributed by atoms with Gasteiger partial charge < -0.3 is 14.4 Å². The molecule has 1 amide bonds. The number of nitrogens with zero attached hydrogens (tertiary/aromatic N) is 3. The molecule has 1 heterocycles. The summed E-state index contributed by atoms with van der Waals surface area (Å²) in [5.74, 6) is 0.548. The Morgan fingerprint density at radius 2 is 1.83 bits per heavy atom. The number of hydrogen-bond acceptors (Lipinski definition) is 6. The van der Waals surface area contributed by atoms with Crippen molar-refractivity contribution in [3.63, 3.8) is 0 Å². The summed E-state index contributed by atoms with van der Waals surface area (Å²) in [6.07, 6.45) is 0. The zero-order valence-corrected chi connectivity index (χ0v) is 19.0. The maximum Gasteiger partial charge on any atom is 0.266 e. The number of anilines is 1. The van der Waals surface area contributed by atoms with Crippen molar-refractivity contribution in [2.75, 3.05) is 45.8 Å². The van der Waals surface area contributed by atoms with E-state index in [2.05, 4.69) is 4.98 Å². The van der Waals surface area contributed by atoms with Crippen molar-refractivity contribution in [1.82, 2.24) is 9.88 Å². The van der Waals surface area contributed by atoms with Crippen molar-refractivity contribution >= 4 is 45.0 Å². The molecule has 0 radical (unpaired) electrons. The van der Waals surface area contributed by atoms with Crippen LogP contribution in [0.2, 0.25) is 0 Å². The van der Waals surface area contributed by atoms with E-state index >= 15 is 0 Å². The molecule has 0 aliphatic carbocycles. The second-order valence-electron chi connectivity index (χ2n) is 6.85. The van der Waals surface area contributed by atoms with Crippen molar-refractivity contribution in [3.05, 3.63) is 47.8 Å². The van der Waals surface area contributed by atoms with Crippen molar-refractivity contribution in [1.29, 1.82) is 0 Å². The van der Waals surface area contributed by atoms with Gasteiger partial charge in [-0.15, -0.1) is 12.4 Å². The lowest BCUT2D eigenvalue weighted by molar-refractivity contribution is -0.120. The SMILES string of the molecule is COc1ccc(C)c2sc(N(CCN(C)C)C(=O)COc3ccc(F)cc3)nc12.Cl. The van der Waals surface area contributed by atoms with E-state index in [0.29, 0.717) is 29.7 Å². The number of amides is 1. The molecule has 30 heavy (non-hydrogen) atoms. The van der Waals surface area contributed by atoms with Gasteiger partial charge in [-0.25, -0.2) is 9.37 Å². The molecule has 0 aliphatic rings. The monoisotopic (exact) mass is 453 g/mol. The van der Waals surface area contributed by atoms with Gasteiger partial charge in [0.2, 0.25) is 0 Å². The number of thiazole rings is 1. The van der Waals surface area contributed by atoms with Gasteiger partial charge in [-0.2, -0.15) is 0 Å². The minimum absolute atomic E-state index is 0. The summed E-state index contributed by atoms with van der Waals surface area (Å²) in [6, 6.07) is 9.45. The Labute approximate surface area is 185 Å². The van der Waals surface area contributed by atoms with E-state index in [-0.39, 0.29) is 30.7 Å². The summed E-state index contributed by atoms with van der Waals surface area (Å²) < 4.78 is 25.0. The Kier molecular flexibility index (Phi) is 8.40. The highest BCUT2D eigenvalue weighted by atomic mass is 35.5. The lowest BCUT2D eigenvalue weighted by atomic mass is 10.2. The molecule has 0 saturated heterocycles. The van der Waals surface area contributed by atoms with E-state index in [0.717, 1.165) is 15.8 Å². The normalized spacial score (nSPS) is 10.7. The zero-order valence-electron chi connectivity index (χ0n) is 17.3. The van der Waals surface area contributed by atoms with Crippen LogP contribution in [0.4, 0.5) is 9.52 Å². The van der Waals surface area contributed by atoms with E-state index < -0.39 is 0 Å². The summed E-state index contributed by atoms with van der Waals surface area (Å²) in [5.41, 5.74) is 1.82. The van der Waals surface area contributed by atoms with Crippen LogP contribution in [0, 0.1) is 12.7 Å². The molecule has 0 fully saturated rings. The molecule has 0 saturated carbocycles. The molecule has 0 bridgehead atoms. The molecule has 0 aliphatic heterocycles. The van der Waals surface area contributed by atoms with Gasteiger partial charge in [0.1, 0.15) is 22.8 Å². The molecule has 162 valence electrons. The minimum atomic E-state index is -0.352. The van der Waals surface area contributed by atoms with Crippen LogP contribution in [0.1, 0.15) is 5.56 Å². The van der Waals surface area contributed by atoms with Crippen molar-refractivity contribution in [2.24, 2.45) is 0 Å². The Balaban J connectivity index is 0.00000320. The molecule has 9 heteroatoms. The molecule has 0 unspecified atom stereocenters. The van der Waals surface area contributed by atoms with Gasteiger partial charge in [0.25, 0.3) is 5.91 Å². The van der Waals surface area contributed by atoms with Gasteiger partial charge in [0.15, 0.2) is 11.7 Å². The van der Waals surface area contributed by atoms with Crippen LogP contribution in [0.3, 0.4) is 0 Å². The fourth-order valence-corrected chi connectivity index (χ4v) is 3.85. The number of aryl methyl sites for hydroxylation is 1. The first-order valence-corrected chi connectivity index (χ1v) is 9.98. The molecular formula is C21H25ClFN3O3S. The Morgan fingerprint density at radius 3 is 2.47 bits per heavy atom. The molecule has 6 nitrogen and oxygen atoms in total. The predicted octanol–water partition coefficient (Wildman–Crippen LogP) is 4.15. The van der Waals surface area contributed by atoms with Crippen molar-refractivity contribution < 1.29 is 18.7 Å². The summed E-state index contributed by atoms with van der Waals surface area (Å²) in [7, 11) is 5.50. The van der Waals surface area contributed by atoms with E-state index in [4.69, 9.17) is 9.47 Å². The summed E-state index contributed by atoms with van der Waals surface area (Å²) in [5, 5.41) is 0.599. The Bertz CT molecular complexity index is 995. The van der Waals surface area contributed by atoms with Crippen LogP contribution in [0.5, 0.6) is 11.5 Å². The summed E-state index contributed by atoms with van der Waals surface area (Å²) in [4.78, 5) is 21.3. The number of likely N-dealkylation sites (N-methyl/N-ethyl adjacent to an activating group) is 1. The third-order valence-corrected chi connectivity index (χ3v) is 5.60. The molecule has 0 spiro atoms. The Morgan fingerprint density at radius 1 is 1.13 bits per heavy atom. The maximum atomic E-state index is 13.1. The van der Waals surface area contributed by atoms with E-state index in [9.17, 15) is 9.18 Å². The Hall–Kier alpha value is -2.42. The van der Waals surface area contributed by atoms with Crippen LogP contribution in [-0.2, 0) is 4.79 Å². The lowest BCUT2D eigenvalue weighted by Gasteiger charge is -2.22. The number of carbonyl (C=O) groups excluding carboxylic acids is 1. The third kappa shape index (κ3) is 5.59. The summed E-state index contributed by atoms with van der Waals surface area (Å²) >= 11 is 1.46. The number of rotatable bonds is 8. The van der Waals surface area contributed by atoms with Gasteiger partial charge >= 0.3 is 0 Å². The first-order valence-electron chi connectivity index (χ1n) is 9.16. The summed E-state index contributed by atoms with van der Waals surface area (Å²) in [6.45, 7) is 2.99. The highest BCUT2D eigenvalue weighted by Gasteiger charge is 2.22. The maximum absolute atomic E-state index is 13.1. The molecular weight excluding hydrogens is 429 g/mol. The number of halogens is 2.